The van der Waals surface area contributed by atoms with Gasteiger partial charge in [0.05, 0.1) is 13.2 Å². The first kappa shape index (κ1) is 14.4. The second-order valence-corrected chi connectivity index (χ2v) is 6.74. The van der Waals surface area contributed by atoms with Crippen LogP contribution in [0.15, 0.2) is 47.4 Å². The van der Waals surface area contributed by atoms with Crippen LogP contribution in [0.5, 0.6) is 0 Å². The summed E-state index contributed by atoms with van der Waals surface area (Å²) in [5.74, 6) is -0.327. The zero-order valence-electron chi connectivity index (χ0n) is 13.2. The predicted octanol–water partition coefficient (Wildman–Crippen LogP) is 2.95. The Balaban J connectivity index is 1.75. The second kappa shape index (κ2) is 5.18. The quantitative estimate of drug-likeness (QED) is 0.744. The van der Waals surface area contributed by atoms with Crippen molar-refractivity contribution in [2.45, 2.75) is 26.2 Å². The Kier molecular flexibility index (Phi) is 3.25. The minimum Gasteiger partial charge on any atom is -0.455 e. The fourth-order valence-corrected chi connectivity index (χ4v) is 2.72. The molecule has 1 aliphatic heterocycles. The molecule has 23 heavy (non-hydrogen) atoms. The topological polar surface area (TPSA) is 62.3 Å². The number of nitrogens with zero attached hydrogens (tertiary/aromatic N) is 3. The molecule has 0 N–H and O–H groups in total. The van der Waals surface area contributed by atoms with Crippen LogP contribution in [-0.2, 0) is 21.8 Å². The van der Waals surface area contributed by atoms with Gasteiger partial charge in [0.1, 0.15) is 24.8 Å². The molecule has 0 atom stereocenters. The van der Waals surface area contributed by atoms with Crippen LogP contribution in [0.2, 0.25) is 0 Å². The van der Waals surface area contributed by atoms with Gasteiger partial charge in [-0.25, -0.2) is 9.67 Å². The smallest absolute Gasteiger partial charge is 0.248 e. The Morgan fingerprint density at radius 3 is 2.65 bits per heavy atom. The highest BCUT2D eigenvalue weighted by Crippen LogP contribution is 2.39. The van der Waals surface area contributed by atoms with Crippen LogP contribution in [0.25, 0.3) is 11.0 Å². The summed E-state index contributed by atoms with van der Waals surface area (Å²) in [6.07, 6.45) is 3.15. The maximum atomic E-state index is 6.17. The van der Waals surface area contributed by atoms with E-state index in [4.69, 9.17) is 13.9 Å². The molecule has 1 aromatic carbocycles. The lowest BCUT2D eigenvalue weighted by atomic mass is 9.94. The minimum absolute atomic E-state index is 0.0299. The minimum atomic E-state index is -0.984. The van der Waals surface area contributed by atoms with Crippen molar-refractivity contribution in [3.05, 3.63) is 48.7 Å². The average Bonchev–Trinajstić information content (AvgIpc) is 3.19. The highest BCUT2D eigenvalue weighted by molar-refractivity contribution is 5.77. The molecule has 0 saturated carbocycles. The van der Waals surface area contributed by atoms with Gasteiger partial charge in [-0.05, 0) is 12.1 Å². The number of fused-ring (bicyclic) bond motifs is 1. The summed E-state index contributed by atoms with van der Waals surface area (Å²) in [4.78, 5) is 3.99. The SMILES string of the molecule is CC1(C)COC(Cn2cncn2)(c2cc3ccccc3o2)OC1. The third-order valence-electron chi connectivity index (χ3n) is 4.03. The van der Waals surface area contributed by atoms with Crippen LogP contribution in [0.3, 0.4) is 0 Å². The molecule has 6 nitrogen and oxygen atoms in total. The Hall–Kier alpha value is -2.18. The lowest BCUT2D eigenvalue weighted by Crippen LogP contribution is -2.47. The fourth-order valence-electron chi connectivity index (χ4n) is 2.72. The van der Waals surface area contributed by atoms with Crippen molar-refractivity contribution in [1.82, 2.24) is 14.8 Å². The van der Waals surface area contributed by atoms with Gasteiger partial charge in [-0.2, -0.15) is 5.10 Å². The van der Waals surface area contributed by atoms with Crippen molar-refractivity contribution in [3.63, 3.8) is 0 Å². The van der Waals surface area contributed by atoms with Gasteiger partial charge in [0, 0.05) is 10.8 Å². The molecular formula is C17H19N3O3. The summed E-state index contributed by atoms with van der Waals surface area (Å²) < 4.78 is 20.0. The summed E-state index contributed by atoms with van der Waals surface area (Å²) >= 11 is 0. The van der Waals surface area contributed by atoms with Gasteiger partial charge >= 0.3 is 0 Å². The third-order valence-corrected chi connectivity index (χ3v) is 4.03. The molecule has 0 unspecified atom stereocenters. The van der Waals surface area contributed by atoms with Crippen molar-refractivity contribution in [3.8, 4) is 0 Å². The molecule has 1 fully saturated rings. The maximum Gasteiger partial charge on any atom is 0.248 e. The number of rotatable bonds is 3. The van der Waals surface area contributed by atoms with E-state index in [1.54, 1.807) is 11.0 Å². The van der Waals surface area contributed by atoms with Gasteiger partial charge in [0.2, 0.25) is 5.79 Å². The standard InChI is InChI=1S/C17H19N3O3/c1-16(2)9-21-17(22-10-16,8-20-12-18-11-19-20)15-7-13-5-3-4-6-14(13)23-15/h3-7,11-12H,8-10H2,1-2H3. The molecule has 2 aromatic heterocycles. The highest BCUT2D eigenvalue weighted by Gasteiger charge is 2.45. The third kappa shape index (κ3) is 2.64. The molecule has 1 aliphatic rings. The van der Waals surface area contributed by atoms with E-state index in [9.17, 15) is 0 Å². The average molecular weight is 313 g/mol. The van der Waals surface area contributed by atoms with Crippen LogP contribution in [0.4, 0.5) is 0 Å². The number of aromatic nitrogens is 3. The largest absolute Gasteiger partial charge is 0.455 e. The molecule has 3 aromatic rings. The van der Waals surface area contributed by atoms with Crippen molar-refractivity contribution in [2.75, 3.05) is 13.2 Å². The summed E-state index contributed by atoms with van der Waals surface area (Å²) in [5.41, 5.74) is 0.787. The van der Waals surface area contributed by atoms with E-state index in [2.05, 4.69) is 23.9 Å². The molecule has 4 rings (SSSR count). The first-order chi connectivity index (χ1) is 11.1. The van der Waals surface area contributed by atoms with E-state index in [-0.39, 0.29) is 5.41 Å². The number of ether oxygens (including phenoxy) is 2. The number of furan rings is 1. The predicted molar refractivity (Wildman–Crippen MR) is 83.6 cm³/mol. The Morgan fingerprint density at radius 1 is 1.17 bits per heavy atom. The summed E-state index contributed by atoms with van der Waals surface area (Å²) in [6.45, 7) is 5.79. The van der Waals surface area contributed by atoms with Gasteiger partial charge in [0.25, 0.3) is 0 Å². The summed E-state index contributed by atoms with van der Waals surface area (Å²) in [7, 11) is 0. The number of hydrogen-bond donors (Lipinski definition) is 0. The molecule has 0 radical (unpaired) electrons. The van der Waals surface area contributed by atoms with Crippen LogP contribution < -0.4 is 0 Å². The van der Waals surface area contributed by atoms with E-state index < -0.39 is 5.79 Å². The van der Waals surface area contributed by atoms with E-state index in [0.29, 0.717) is 25.5 Å². The number of benzene rings is 1. The van der Waals surface area contributed by atoms with Crippen molar-refractivity contribution in [1.29, 1.82) is 0 Å². The van der Waals surface area contributed by atoms with E-state index >= 15 is 0 Å². The molecule has 0 bridgehead atoms. The zero-order chi connectivity index (χ0) is 15.9. The molecule has 6 heteroatoms. The molecule has 120 valence electrons. The molecule has 0 spiro atoms. The molecule has 1 saturated heterocycles. The Morgan fingerprint density at radius 2 is 1.96 bits per heavy atom. The van der Waals surface area contributed by atoms with E-state index in [0.717, 1.165) is 11.0 Å². The molecule has 0 amide bonds. The van der Waals surface area contributed by atoms with Crippen molar-refractivity contribution in [2.24, 2.45) is 5.41 Å². The van der Waals surface area contributed by atoms with Crippen LogP contribution in [0.1, 0.15) is 19.6 Å². The molecular weight excluding hydrogens is 294 g/mol. The lowest BCUT2D eigenvalue weighted by Gasteiger charge is -2.41. The first-order valence-electron chi connectivity index (χ1n) is 7.66. The Labute approximate surface area is 134 Å². The highest BCUT2D eigenvalue weighted by atomic mass is 16.7. The van der Waals surface area contributed by atoms with Gasteiger partial charge in [0.15, 0.2) is 5.76 Å². The van der Waals surface area contributed by atoms with Crippen molar-refractivity contribution < 1.29 is 13.9 Å². The summed E-state index contributed by atoms with van der Waals surface area (Å²) in [6, 6.07) is 9.86. The lowest BCUT2D eigenvalue weighted by molar-refractivity contribution is -0.321. The second-order valence-electron chi connectivity index (χ2n) is 6.74. The maximum absolute atomic E-state index is 6.17. The van der Waals surface area contributed by atoms with Gasteiger partial charge in [-0.3, -0.25) is 0 Å². The zero-order valence-corrected chi connectivity index (χ0v) is 13.2. The first-order valence-corrected chi connectivity index (χ1v) is 7.66. The van der Waals surface area contributed by atoms with Crippen LogP contribution >= 0.6 is 0 Å². The normalized spacial score (nSPS) is 19.9. The number of para-hydroxylation sites is 1. The van der Waals surface area contributed by atoms with E-state index in [1.807, 2.05) is 30.3 Å². The number of hydrogen-bond acceptors (Lipinski definition) is 5. The molecule has 0 aliphatic carbocycles. The molecule has 3 heterocycles. The van der Waals surface area contributed by atoms with Crippen LogP contribution in [0, 0.1) is 5.41 Å². The van der Waals surface area contributed by atoms with Gasteiger partial charge in [-0.15, -0.1) is 0 Å². The van der Waals surface area contributed by atoms with Crippen LogP contribution in [-0.4, -0.2) is 28.0 Å². The fraction of sp³-hybridized carbons (Fsp3) is 0.412. The van der Waals surface area contributed by atoms with Crippen molar-refractivity contribution >= 4 is 11.0 Å². The van der Waals surface area contributed by atoms with Gasteiger partial charge < -0.3 is 13.9 Å². The Bertz CT molecular complexity index is 764. The summed E-state index contributed by atoms with van der Waals surface area (Å²) in [5, 5.41) is 5.20. The monoisotopic (exact) mass is 313 g/mol. The van der Waals surface area contributed by atoms with Gasteiger partial charge in [-0.1, -0.05) is 32.0 Å². The van der Waals surface area contributed by atoms with E-state index in [1.165, 1.54) is 6.33 Å².